The normalized spacial score (nSPS) is 16.4. The summed E-state index contributed by atoms with van der Waals surface area (Å²) < 4.78 is 27.3. The van der Waals surface area contributed by atoms with Gasteiger partial charge in [-0.15, -0.1) is 12.4 Å². The molecule has 0 aromatic heterocycles. The molecule has 1 unspecified atom stereocenters. The van der Waals surface area contributed by atoms with Crippen LogP contribution in [0.1, 0.15) is 19.3 Å². The average Bonchev–Trinajstić information content (AvgIpc) is 3.14. The third-order valence-corrected chi connectivity index (χ3v) is 5.79. The molecule has 1 heterocycles. The number of amides is 1. The van der Waals surface area contributed by atoms with E-state index < -0.39 is 10.0 Å². The van der Waals surface area contributed by atoms with E-state index >= 15 is 0 Å². The van der Waals surface area contributed by atoms with Crippen molar-refractivity contribution >= 4 is 39.7 Å². The van der Waals surface area contributed by atoms with Crippen LogP contribution in [0.3, 0.4) is 0 Å². The van der Waals surface area contributed by atoms with E-state index in [4.69, 9.17) is 0 Å². The Morgan fingerprint density at radius 2 is 1.81 bits per heavy atom. The molecular weight excluding hydrogens is 386 g/mol. The van der Waals surface area contributed by atoms with Gasteiger partial charge in [-0.3, -0.25) is 9.52 Å². The smallest absolute Gasteiger partial charge is 0.261 e. The Morgan fingerprint density at radius 1 is 1.07 bits per heavy atom. The summed E-state index contributed by atoms with van der Waals surface area (Å²) in [6.07, 6.45) is 2.44. The molecule has 0 aliphatic carbocycles. The lowest BCUT2D eigenvalue weighted by molar-refractivity contribution is -0.116. The van der Waals surface area contributed by atoms with Crippen molar-refractivity contribution in [3.63, 3.8) is 0 Å². The van der Waals surface area contributed by atoms with Crippen LogP contribution in [-0.4, -0.2) is 27.4 Å². The Morgan fingerprint density at radius 3 is 2.52 bits per heavy atom. The minimum atomic E-state index is -3.65. The van der Waals surface area contributed by atoms with Crippen LogP contribution in [0.2, 0.25) is 0 Å². The molecule has 27 heavy (non-hydrogen) atoms. The highest BCUT2D eigenvalue weighted by molar-refractivity contribution is 7.92. The van der Waals surface area contributed by atoms with Crippen molar-refractivity contribution in [2.75, 3.05) is 23.1 Å². The van der Waals surface area contributed by atoms with Crippen LogP contribution in [0.25, 0.3) is 0 Å². The minimum absolute atomic E-state index is 0. The predicted octanol–water partition coefficient (Wildman–Crippen LogP) is 3.24. The van der Waals surface area contributed by atoms with Crippen molar-refractivity contribution in [3.8, 4) is 0 Å². The summed E-state index contributed by atoms with van der Waals surface area (Å²) in [5.74, 6) is 0.504. The Kier molecular flexibility index (Phi) is 7.65. The second kappa shape index (κ2) is 9.73. The summed E-state index contributed by atoms with van der Waals surface area (Å²) in [6, 6.07) is 14.9. The van der Waals surface area contributed by atoms with Crippen LogP contribution in [0.4, 0.5) is 11.4 Å². The minimum Gasteiger partial charge on any atom is -0.326 e. The zero-order valence-electron chi connectivity index (χ0n) is 14.9. The van der Waals surface area contributed by atoms with Crippen molar-refractivity contribution in [1.82, 2.24) is 5.32 Å². The van der Waals surface area contributed by atoms with Crippen LogP contribution in [-0.2, 0) is 14.8 Å². The largest absolute Gasteiger partial charge is 0.326 e. The molecule has 1 saturated heterocycles. The Labute approximate surface area is 166 Å². The van der Waals surface area contributed by atoms with E-state index in [1.165, 1.54) is 12.1 Å². The molecule has 1 amide bonds. The fourth-order valence-corrected chi connectivity index (χ4v) is 4.06. The molecular formula is C19H24ClN3O3S. The molecule has 2 aromatic rings. The van der Waals surface area contributed by atoms with E-state index in [0.29, 0.717) is 23.7 Å². The first-order valence-electron chi connectivity index (χ1n) is 8.71. The van der Waals surface area contributed by atoms with Crippen molar-refractivity contribution in [2.24, 2.45) is 5.92 Å². The number of hydrogen-bond donors (Lipinski definition) is 3. The Balaban J connectivity index is 0.00000261. The van der Waals surface area contributed by atoms with E-state index in [9.17, 15) is 13.2 Å². The Bertz CT molecular complexity index is 854. The van der Waals surface area contributed by atoms with E-state index in [0.717, 1.165) is 25.9 Å². The molecule has 2 aromatic carbocycles. The number of carbonyl (C=O) groups is 1. The molecule has 1 aliphatic heterocycles. The lowest BCUT2D eigenvalue weighted by Gasteiger charge is -2.11. The highest BCUT2D eigenvalue weighted by atomic mass is 35.5. The zero-order chi connectivity index (χ0) is 18.4. The Hall–Kier alpha value is -2.09. The summed E-state index contributed by atoms with van der Waals surface area (Å²) in [4.78, 5) is 12.3. The maximum absolute atomic E-state index is 12.4. The molecule has 0 spiro atoms. The van der Waals surface area contributed by atoms with E-state index in [1.807, 2.05) is 0 Å². The summed E-state index contributed by atoms with van der Waals surface area (Å²) in [5.41, 5.74) is 0.986. The first-order chi connectivity index (χ1) is 12.5. The van der Waals surface area contributed by atoms with Gasteiger partial charge < -0.3 is 10.6 Å². The number of sulfonamides is 1. The second-order valence-electron chi connectivity index (χ2n) is 6.45. The average molecular weight is 410 g/mol. The molecule has 146 valence electrons. The van der Waals surface area contributed by atoms with Gasteiger partial charge in [-0.2, -0.15) is 0 Å². The number of hydrogen-bond acceptors (Lipinski definition) is 4. The van der Waals surface area contributed by atoms with Crippen LogP contribution in [0.15, 0.2) is 59.5 Å². The van der Waals surface area contributed by atoms with Gasteiger partial charge in [-0.25, -0.2) is 8.42 Å². The van der Waals surface area contributed by atoms with Crippen molar-refractivity contribution in [3.05, 3.63) is 54.6 Å². The van der Waals surface area contributed by atoms with Crippen LogP contribution in [0, 0.1) is 5.92 Å². The van der Waals surface area contributed by atoms with Crippen LogP contribution in [0.5, 0.6) is 0 Å². The summed E-state index contributed by atoms with van der Waals surface area (Å²) in [7, 11) is -3.65. The number of carbonyl (C=O) groups excluding carboxylic acids is 1. The van der Waals surface area contributed by atoms with Crippen molar-refractivity contribution < 1.29 is 13.2 Å². The maximum Gasteiger partial charge on any atom is 0.261 e. The SMILES string of the molecule is Cl.O=C(CCC1CCNC1)Nc1cccc(NS(=O)(=O)c2ccccc2)c1. The van der Waals surface area contributed by atoms with Gasteiger partial charge in [0.25, 0.3) is 10.0 Å². The molecule has 3 rings (SSSR count). The first kappa shape index (κ1) is 21.2. The highest BCUT2D eigenvalue weighted by Crippen LogP contribution is 2.20. The highest BCUT2D eigenvalue weighted by Gasteiger charge is 2.16. The van der Waals surface area contributed by atoms with E-state index in [-0.39, 0.29) is 23.2 Å². The number of benzene rings is 2. The zero-order valence-corrected chi connectivity index (χ0v) is 16.5. The standard InChI is InChI=1S/C19H23N3O3S.ClH/c23-19(10-9-15-11-12-20-14-15)21-16-5-4-6-17(13-16)22-26(24,25)18-7-2-1-3-8-18;/h1-8,13,15,20,22H,9-12,14H2,(H,21,23);1H. The summed E-state index contributed by atoms with van der Waals surface area (Å²) >= 11 is 0. The molecule has 8 heteroatoms. The van der Waals surface area contributed by atoms with Gasteiger partial charge in [0.2, 0.25) is 5.91 Å². The quantitative estimate of drug-likeness (QED) is 0.655. The third-order valence-electron chi connectivity index (χ3n) is 4.39. The fraction of sp³-hybridized carbons (Fsp3) is 0.316. The van der Waals surface area contributed by atoms with Gasteiger partial charge in [0.1, 0.15) is 0 Å². The van der Waals surface area contributed by atoms with Gasteiger partial charge in [-0.1, -0.05) is 24.3 Å². The van der Waals surface area contributed by atoms with Gasteiger partial charge in [0.05, 0.1) is 10.6 Å². The topological polar surface area (TPSA) is 87.3 Å². The van der Waals surface area contributed by atoms with Gasteiger partial charge in [0, 0.05) is 12.1 Å². The summed E-state index contributed by atoms with van der Waals surface area (Å²) in [5, 5.41) is 6.13. The maximum atomic E-state index is 12.4. The van der Waals surface area contributed by atoms with Gasteiger partial charge in [0.15, 0.2) is 0 Å². The second-order valence-corrected chi connectivity index (χ2v) is 8.13. The third kappa shape index (κ3) is 6.23. The van der Waals surface area contributed by atoms with Crippen molar-refractivity contribution in [1.29, 1.82) is 0 Å². The first-order valence-corrected chi connectivity index (χ1v) is 10.2. The predicted molar refractivity (Wildman–Crippen MR) is 110 cm³/mol. The number of rotatable bonds is 7. The van der Waals surface area contributed by atoms with Gasteiger partial charge in [-0.05, 0) is 62.2 Å². The lowest BCUT2D eigenvalue weighted by Crippen LogP contribution is -2.16. The fourth-order valence-electron chi connectivity index (χ4n) is 2.99. The molecule has 1 fully saturated rings. The molecule has 3 N–H and O–H groups in total. The molecule has 1 aliphatic rings. The monoisotopic (exact) mass is 409 g/mol. The molecule has 0 bridgehead atoms. The van der Waals surface area contributed by atoms with Crippen LogP contribution < -0.4 is 15.4 Å². The van der Waals surface area contributed by atoms with Gasteiger partial charge >= 0.3 is 0 Å². The van der Waals surface area contributed by atoms with Crippen molar-refractivity contribution in [2.45, 2.75) is 24.2 Å². The lowest BCUT2D eigenvalue weighted by atomic mass is 10.0. The number of halogens is 1. The molecule has 0 radical (unpaired) electrons. The van der Waals surface area contributed by atoms with Crippen LogP contribution >= 0.6 is 12.4 Å². The molecule has 1 atom stereocenters. The molecule has 0 saturated carbocycles. The molecule has 6 nitrogen and oxygen atoms in total. The number of anilines is 2. The van der Waals surface area contributed by atoms with E-state index in [2.05, 4.69) is 15.4 Å². The number of nitrogens with one attached hydrogen (secondary N) is 3. The van der Waals surface area contributed by atoms with E-state index in [1.54, 1.807) is 42.5 Å². The summed E-state index contributed by atoms with van der Waals surface area (Å²) in [6.45, 7) is 2.00.